The number of nitrogens with one attached hydrogen (secondary N) is 2. The highest BCUT2D eigenvalue weighted by atomic mass is 32.2. The molecule has 1 heterocycles. The first-order valence-corrected chi connectivity index (χ1v) is 13.4. The van der Waals surface area contributed by atoms with Crippen LogP contribution < -0.4 is 10.0 Å². The smallest absolute Gasteiger partial charge is 0.255 e. The van der Waals surface area contributed by atoms with Crippen molar-refractivity contribution in [3.8, 4) is 21.0 Å². The summed E-state index contributed by atoms with van der Waals surface area (Å²) < 4.78 is 29.6. The lowest BCUT2D eigenvalue weighted by Gasteiger charge is -2.22. The van der Waals surface area contributed by atoms with Gasteiger partial charge < -0.3 is 5.32 Å². The SMILES string of the molecule is Cc1ccc(-c2ncc(-c3ccc(NC(=O)c4ccccc4)cc3S(=O)(=O)NC(C)(C)C)s2)cc1. The number of anilines is 1. The fourth-order valence-electron chi connectivity index (χ4n) is 3.51. The zero-order chi connectivity index (χ0) is 25.2. The number of rotatable bonds is 6. The summed E-state index contributed by atoms with van der Waals surface area (Å²) in [6.07, 6.45) is 1.69. The standard InChI is InChI=1S/C27H27N3O3S2/c1-18-10-12-20(13-11-18)26-28-17-23(34-26)22-15-14-21(29-25(31)19-8-6-5-7-9-19)16-24(22)35(32,33)30-27(2,3)4/h5-17,30H,1-4H3,(H,29,31). The minimum absolute atomic E-state index is 0.0809. The molecule has 0 fully saturated rings. The maximum absolute atomic E-state index is 13.4. The van der Waals surface area contributed by atoms with Gasteiger partial charge in [0.05, 0.1) is 9.77 Å². The van der Waals surface area contributed by atoms with Gasteiger partial charge in [-0.05, 0) is 52.0 Å². The highest BCUT2D eigenvalue weighted by molar-refractivity contribution is 7.89. The molecule has 8 heteroatoms. The molecule has 4 rings (SSSR count). The van der Waals surface area contributed by atoms with E-state index in [0.29, 0.717) is 16.8 Å². The van der Waals surface area contributed by atoms with E-state index in [-0.39, 0.29) is 10.8 Å². The summed E-state index contributed by atoms with van der Waals surface area (Å²) in [5.41, 5.74) is 2.84. The van der Waals surface area contributed by atoms with E-state index in [9.17, 15) is 13.2 Å². The Labute approximate surface area is 210 Å². The van der Waals surface area contributed by atoms with E-state index < -0.39 is 15.6 Å². The first-order valence-electron chi connectivity index (χ1n) is 11.1. The van der Waals surface area contributed by atoms with Crippen molar-refractivity contribution in [1.82, 2.24) is 9.71 Å². The van der Waals surface area contributed by atoms with Gasteiger partial charge in [-0.3, -0.25) is 4.79 Å². The molecule has 0 aliphatic rings. The van der Waals surface area contributed by atoms with E-state index in [1.807, 2.05) is 37.3 Å². The fourth-order valence-corrected chi connectivity index (χ4v) is 6.20. The molecule has 1 amide bonds. The summed E-state index contributed by atoms with van der Waals surface area (Å²) >= 11 is 1.42. The van der Waals surface area contributed by atoms with Gasteiger partial charge in [0, 0.05) is 34.1 Å². The van der Waals surface area contributed by atoms with Gasteiger partial charge in [-0.15, -0.1) is 11.3 Å². The number of hydrogen-bond acceptors (Lipinski definition) is 5. The molecule has 0 aliphatic heterocycles. The van der Waals surface area contributed by atoms with Gasteiger partial charge in [0.15, 0.2) is 0 Å². The van der Waals surface area contributed by atoms with Gasteiger partial charge in [0.1, 0.15) is 5.01 Å². The van der Waals surface area contributed by atoms with Crippen LogP contribution in [0.15, 0.2) is 83.9 Å². The van der Waals surface area contributed by atoms with Crippen molar-refractivity contribution in [1.29, 1.82) is 0 Å². The lowest BCUT2D eigenvalue weighted by molar-refractivity contribution is 0.102. The lowest BCUT2D eigenvalue weighted by atomic mass is 10.1. The zero-order valence-electron chi connectivity index (χ0n) is 20.0. The second-order valence-corrected chi connectivity index (χ2v) is 12.0. The largest absolute Gasteiger partial charge is 0.322 e. The van der Waals surface area contributed by atoms with Crippen LogP contribution in [0.5, 0.6) is 0 Å². The minimum atomic E-state index is -3.90. The van der Waals surface area contributed by atoms with Gasteiger partial charge in [-0.1, -0.05) is 54.1 Å². The average molecular weight is 506 g/mol. The average Bonchev–Trinajstić information content (AvgIpc) is 3.29. The first-order chi connectivity index (χ1) is 16.5. The molecule has 4 aromatic rings. The van der Waals surface area contributed by atoms with Gasteiger partial charge >= 0.3 is 0 Å². The molecule has 0 radical (unpaired) electrons. The van der Waals surface area contributed by atoms with Crippen LogP contribution in [0.2, 0.25) is 0 Å². The van der Waals surface area contributed by atoms with Gasteiger partial charge in [-0.2, -0.15) is 0 Å². The number of thiazole rings is 1. The molecule has 0 unspecified atom stereocenters. The van der Waals surface area contributed by atoms with E-state index >= 15 is 0 Å². The predicted molar refractivity (Wildman–Crippen MR) is 142 cm³/mol. The molecule has 0 aliphatic carbocycles. The normalized spacial score (nSPS) is 11.9. The number of nitrogens with zero attached hydrogens (tertiary/aromatic N) is 1. The summed E-state index contributed by atoms with van der Waals surface area (Å²) in [5.74, 6) is -0.315. The Bertz CT molecular complexity index is 1450. The van der Waals surface area contributed by atoms with Gasteiger partial charge in [0.25, 0.3) is 5.91 Å². The molecule has 2 N–H and O–H groups in total. The fraction of sp³-hybridized carbons (Fsp3) is 0.185. The van der Waals surface area contributed by atoms with E-state index in [4.69, 9.17) is 0 Å². The van der Waals surface area contributed by atoms with Crippen LogP contribution in [0.3, 0.4) is 0 Å². The molecular formula is C27H27N3O3S2. The first kappa shape index (κ1) is 24.8. The third kappa shape index (κ3) is 6.03. The van der Waals surface area contributed by atoms with Crippen molar-refractivity contribution in [2.75, 3.05) is 5.32 Å². The van der Waals surface area contributed by atoms with E-state index in [1.165, 1.54) is 17.4 Å². The summed E-state index contributed by atoms with van der Waals surface area (Å²) in [4.78, 5) is 18.0. The summed E-state index contributed by atoms with van der Waals surface area (Å²) in [6, 6.07) is 21.7. The van der Waals surface area contributed by atoms with E-state index in [0.717, 1.165) is 21.0 Å². The number of carbonyl (C=O) groups excluding carboxylic acids is 1. The van der Waals surface area contributed by atoms with Gasteiger partial charge in [0.2, 0.25) is 10.0 Å². The molecule has 6 nitrogen and oxygen atoms in total. The van der Waals surface area contributed by atoms with Crippen LogP contribution in [0.25, 0.3) is 21.0 Å². The number of amides is 1. The maximum Gasteiger partial charge on any atom is 0.255 e. The molecule has 1 aromatic heterocycles. The van der Waals surface area contributed by atoms with Crippen LogP contribution in [0.4, 0.5) is 5.69 Å². The minimum Gasteiger partial charge on any atom is -0.322 e. The predicted octanol–water partition coefficient (Wildman–Crippen LogP) is 6.11. The molecule has 180 valence electrons. The van der Waals surface area contributed by atoms with Crippen LogP contribution in [0.1, 0.15) is 36.7 Å². The van der Waals surface area contributed by atoms with Crippen LogP contribution >= 0.6 is 11.3 Å². The molecular weight excluding hydrogens is 478 g/mol. The Morgan fingerprint density at radius 3 is 2.29 bits per heavy atom. The Morgan fingerprint density at radius 1 is 0.943 bits per heavy atom. The van der Waals surface area contributed by atoms with Crippen LogP contribution in [-0.4, -0.2) is 24.8 Å². The van der Waals surface area contributed by atoms with Crippen LogP contribution in [0, 0.1) is 6.92 Å². The number of carbonyl (C=O) groups is 1. The number of aromatic nitrogens is 1. The second kappa shape index (κ2) is 9.73. The van der Waals surface area contributed by atoms with Crippen molar-refractivity contribution in [3.63, 3.8) is 0 Å². The topological polar surface area (TPSA) is 88.2 Å². The Kier molecular flexibility index (Phi) is 6.89. The van der Waals surface area contributed by atoms with E-state index in [1.54, 1.807) is 63.4 Å². The Morgan fingerprint density at radius 2 is 1.63 bits per heavy atom. The third-order valence-electron chi connectivity index (χ3n) is 5.08. The molecule has 0 bridgehead atoms. The second-order valence-electron chi connectivity index (χ2n) is 9.28. The number of hydrogen-bond donors (Lipinski definition) is 2. The molecule has 0 spiro atoms. The Hall–Kier alpha value is -3.33. The summed E-state index contributed by atoms with van der Waals surface area (Å²) in [6.45, 7) is 7.38. The third-order valence-corrected chi connectivity index (χ3v) is 7.95. The highest BCUT2D eigenvalue weighted by Gasteiger charge is 2.26. The van der Waals surface area contributed by atoms with Crippen molar-refractivity contribution in [3.05, 3.63) is 90.1 Å². The molecule has 0 saturated carbocycles. The maximum atomic E-state index is 13.4. The van der Waals surface area contributed by atoms with Crippen molar-refractivity contribution >= 4 is 33.0 Å². The molecule has 3 aromatic carbocycles. The van der Waals surface area contributed by atoms with Crippen molar-refractivity contribution < 1.29 is 13.2 Å². The van der Waals surface area contributed by atoms with Gasteiger partial charge in [-0.25, -0.2) is 18.1 Å². The monoisotopic (exact) mass is 505 g/mol. The van der Waals surface area contributed by atoms with Crippen LogP contribution in [-0.2, 0) is 10.0 Å². The quantitative estimate of drug-likeness (QED) is 0.331. The number of sulfonamides is 1. The molecule has 35 heavy (non-hydrogen) atoms. The van der Waals surface area contributed by atoms with Crippen molar-refractivity contribution in [2.24, 2.45) is 0 Å². The number of benzene rings is 3. The zero-order valence-corrected chi connectivity index (χ0v) is 21.6. The van der Waals surface area contributed by atoms with E-state index in [2.05, 4.69) is 15.0 Å². The lowest BCUT2D eigenvalue weighted by Crippen LogP contribution is -2.40. The highest BCUT2D eigenvalue weighted by Crippen LogP contribution is 2.37. The Balaban J connectivity index is 1.75. The molecule has 0 saturated heterocycles. The summed E-state index contributed by atoms with van der Waals surface area (Å²) in [7, 11) is -3.90. The van der Waals surface area contributed by atoms with Crippen molar-refractivity contribution in [2.45, 2.75) is 38.1 Å². The molecule has 0 atom stereocenters. The number of aryl methyl sites for hydroxylation is 1. The summed E-state index contributed by atoms with van der Waals surface area (Å²) in [5, 5.41) is 3.60.